The molecule has 0 saturated heterocycles. The second-order valence-corrected chi connectivity index (χ2v) is 11.4. The number of azo groups is 2. The van der Waals surface area contributed by atoms with Crippen molar-refractivity contribution in [2.75, 3.05) is 30.0 Å². The zero-order valence-corrected chi connectivity index (χ0v) is 27.1. The minimum absolute atomic E-state index is 0. The van der Waals surface area contributed by atoms with Crippen LogP contribution in [-0.2, 0) is 42.6 Å². The number of fused-ring (bicyclic) bond motifs is 1. The van der Waals surface area contributed by atoms with Gasteiger partial charge in [-0.1, -0.05) is 34.5 Å². The number of aryl methyl sites for hydroxylation is 4. The standard InChI is InChI=1S/C28H30N10.CH4O4S.ClH/c1-35-17-18-36(2)27(35)33-31-22-11-9-21(10-12-22)29-15-16-30-25-13-14-26(24-8-6-5-7-23(24)25)32-34-28-37(3)19-20-38(28)4;1-6(3,4)5-2;/h5-14,17-20H,15-16H2,1-4H3;2H,1H3;1H. The lowest BCUT2D eigenvalue weighted by Gasteiger charge is -2.12. The van der Waals surface area contributed by atoms with E-state index in [0.717, 1.165) is 58.5 Å². The Bertz CT molecular complexity index is 1850. The van der Waals surface area contributed by atoms with Crippen molar-refractivity contribution < 1.29 is 39.6 Å². The maximum absolute atomic E-state index is 9.47. The molecule has 2 aromatic heterocycles. The summed E-state index contributed by atoms with van der Waals surface area (Å²) in [6.45, 7) is 1.52. The monoisotopic (exact) mass is 654 g/mol. The molecule has 0 atom stereocenters. The van der Waals surface area contributed by atoms with Gasteiger partial charge in [0.1, 0.15) is 11.4 Å². The third-order valence-corrected chi connectivity index (χ3v) is 6.70. The quantitative estimate of drug-likeness (QED) is 0.0744. The van der Waals surface area contributed by atoms with Crippen molar-refractivity contribution in [3.05, 3.63) is 85.5 Å². The summed E-state index contributed by atoms with van der Waals surface area (Å²) in [6, 6.07) is 20.3. The first-order chi connectivity index (χ1) is 21.1. The van der Waals surface area contributed by atoms with Crippen LogP contribution in [0.25, 0.3) is 10.8 Å². The van der Waals surface area contributed by atoms with E-state index in [1.165, 1.54) is 0 Å². The SMILES string of the molecule is CS(=O)(=O)O[O-].Cn1cc[n+](C)c1N=Nc1ccc(NCCNc2ccc(N=Nc3n(C)cc[n+]3C)c3ccccc23)cc1.[Cl-]. The van der Waals surface area contributed by atoms with E-state index in [1.807, 2.05) is 114 Å². The van der Waals surface area contributed by atoms with E-state index in [9.17, 15) is 8.42 Å². The number of hydrogen-bond acceptors (Lipinski definition) is 10. The van der Waals surface area contributed by atoms with Gasteiger partial charge in [-0.3, -0.25) is 0 Å². The Morgan fingerprint density at radius 2 is 1.31 bits per heavy atom. The zero-order valence-electron chi connectivity index (χ0n) is 25.5. The first kappa shape index (κ1) is 34.8. The van der Waals surface area contributed by atoms with Gasteiger partial charge in [0.2, 0.25) is 0 Å². The zero-order chi connectivity index (χ0) is 31.7. The van der Waals surface area contributed by atoms with Crippen LogP contribution in [0.1, 0.15) is 0 Å². The lowest BCUT2D eigenvalue weighted by Crippen LogP contribution is -3.00. The third kappa shape index (κ3) is 9.64. The summed E-state index contributed by atoms with van der Waals surface area (Å²) in [4.78, 5) is 0. The molecule has 3 aromatic carbocycles. The second-order valence-electron chi connectivity index (χ2n) is 9.89. The topological polar surface area (TPSA) is 158 Å². The van der Waals surface area contributed by atoms with Crippen LogP contribution in [0, 0.1) is 0 Å². The molecule has 0 bridgehead atoms. The fraction of sp³-hybridized carbons (Fsp3) is 0.241. The predicted octanol–water partition coefficient (Wildman–Crippen LogP) is 0.763. The molecule has 14 nitrogen and oxygen atoms in total. The largest absolute Gasteiger partial charge is 1.00 e. The lowest BCUT2D eigenvalue weighted by molar-refractivity contribution is -0.657. The number of halogens is 1. The Labute approximate surface area is 267 Å². The summed E-state index contributed by atoms with van der Waals surface area (Å²) in [5.41, 5.74) is 3.74. The number of imidazole rings is 2. The third-order valence-electron chi connectivity index (χ3n) is 6.45. The molecule has 0 fully saturated rings. The smallest absolute Gasteiger partial charge is 0.421 e. The molecule has 0 amide bonds. The van der Waals surface area contributed by atoms with Crippen molar-refractivity contribution in [3.63, 3.8) is 0 Å². The van der Waals surface area contributed by atoms with Gasteiger partial charge in [-0.05, 0) is 36.4 Å². The molecule has 0 unspecified atom stereocenters. The Balaban J connectivity index is 0.000000720. The number of hydrogen-bond donors (Lipinski definition) is 2. The molecule has 0 spiro atoms. The van der Waals surface area contributed by atoms with Crippen LogP contribution in [0.2, 0.25) is 0 Å². The van der Waals surface area contributed by atoms with E-state index in [1.54, 1.807) is 0 Å². The van der Waals surface area contributed by atoms with E-state index in [-0.39, 0.29) is 12.4 Å². The summed E-state index contributed by atoms with van der Waals surface area (Å²) in [5, 5.41) is 35.7. The van der Waals surface area contributed by atoms with Gasteiger partial charge in [0, 0.05) is 45.5 Å². The molecule has 5 aromatic rings. The van der Waals surface area contributed by atoms with E-state index in [4.69, 9.17) is 5.26 Å². The van der Waals surface area contributed by atoms with Gasteiger partial charge < -0.3 is 32.6 Å². The van der Waals surface area contributed by atoms with Gasteiger partial charge >= 0.3 is 11.9 Å². The Kier molecular flexibility index (Phi) is 12.3. The van der Waals surface area contributed by atoms with Crippen LogP contribution in [0.5, 0.6) is 0 Å². The molecular formula is C29H35ClN10O4S. The molecule has 238 valence electrons. The van der Waals surface area contributed by atoms with Crippen LogP contribution >= 0.6 is 0 Å². The molecule has 45 heavy (non-hydrogen) atoms. The molecule has 5 rings (SSSR count). The van der Waals surface area contributed by atoms with Gasteiger partial charge in [-0.15, -0.1) is 0 Å². The van der Waals surface area contributed by atoms with Gasteiger partial charge in [0.25, 0.3) is 10.1 Å². The molecule has 0 aliphatic carbocycles. The van der Waals surface area contributed by atoms with Crippen LogP contribution in [0.3, 0.4) is 0 Å². The van der Waals surface area contributed by atoms with Crippen LogP contribution in [0.4, 0.5) is 34.6 Å². The molecule has 0 saturated carbocycles. The van der Waals surface area contributed by atoms with E-state index >= 15 is 0 Å². The average molecular weight is 655 g/mol. The van der Waals surface area contributed by atoms with Gasteiger partial charge in [0.05, 0.1) is 59.2 Å². The van der Waals surface area contributed by atoms with Gasteiger partial charge in [0.15, 0.2) is 0 Å². The van der Waals surface area contributed by atoms with E-state index < -0.39 is 10.1 Å². The summed E-state index contributed by atoms with van der Waals surface area (Å²) in [5.74, 6) is 1.57. The highest BCUT2D eigenvalue weighted by molar-refractivity contribution is 7.85. The fourth-order valence-corrected chi connectivity index (χ4v) is 4.22. The maximum Gasteiger partial charge on any atom is 0.421 e. The number of nitrogens with one attached hydrogen (secondary N) is 2. The van der Waals surface area contributed by atoms with Crippen molar-refractivity contribution in [2.24, 2.45) is 48.6 Å². The van der Waals surface area contributed by atoms with Crippen molar-refractivity contribution >= 4 is 55.5 Å². The van der Waals surface area contributed by atoms with Crippen LogP contribution in [0.15, 0.2) is 106 Å². The molecule has 0 aliphatic rings. The minimum Gasteiger partial charge on any atom is -1.00 e. The van der Waals surface area contributed by atoms with E-state index in [2.05, 4.69) is 53.6 Å². The molecule has 2 heterocycles. The molecule has 0 radical (unpaired) electrons. The summed E-state index contributed by atoms with van der Waals surface area (Å²) < 4.78 is 29.3. The molecule has 0 aliphatic heterocycles. The Hall–Kier alpha value is -4.70. The number of aromatic nitrogens is 4. The number of anilines is 2. The van der Waals surface area contributed by atoms with Crippen molar-refractivity contribution in [2.45, 2.75) is 0 Å². The normalized spacial score (nSPS) is 11.4. The summed E-state index contributed by atoms with van der Waals surface area (Å²) in [7, 11) is 4.09. The van der Waals surface area contributed by atoms with Crippen molar-refractivity contribution in [3.8, 4) is 0 Å². The van der Waals surface area contributed by atoms with Gasteiger partial charge in [-0.25, -0.2) is 26.7 Å². The number of nitrogens with zero attached hydrogens (tertiary/aromatic N) is 8. The second kappa shape index (κ2) is 15.9. The maximum atomic E-state index is 9.47. The van der Waals surface area contributed by atoms with Gasteiger partial charge in [-0.2, -0.15) is 0 Å². The summed E-state index contributed by atoms with van der Waals surface area (Å²) >= 11 is 0. The Morgan fingerprint density at radius 3 is 1.84 bits per heavy atom. The number of rotatable bonds is 10. The highest BCUT2D eigenvalue weighted by atomic mass is 35.5. The van der Waals surface area contributed by atoms with Crippen molar-refractivity contribution in [1.29, 1.82) is 0 Å². The average Bonchev–Trinajstić information content (AvgIpc) is 3.52. The first-order valence-electron chi connectivity index (χ1n) is 13.5. The highest BCUT2D eigenvalue weighted by Crippen LogP contribution is 2.32. The molecule has 2 N–H and O–H groups in total. The molecular weight excluding hydrogens is 620 g/mol. The van der Waals surface area contributed by atoms with Crippen LogP contribution in [-0.4, -0.2) is 36.9 Å². The molecule has 16 heteroatoms. The Morgan fingerprint density at radius 1 is 0.778 bits per heavy atom. The number of benzene rings is 3. The minimum atomic E-state index is -3.72. The fourth-order valence-electron chi connectivity index (χ4n) is 4.22. The van der Waals surface area contributed by atoms with Crippen molar-refractivity contribution in [1.82, 2.24) is 9.13 Å². The predicted molar refractivity (Wildman–Crippen MR) is 165 cm³/mol. The van der Waals surface area contributed by atoms with E-state index in [0.29, 0.717) is 6.26 Å². The first-order valence-corrected chi connectivity index (χ1v) is 15.3. The summed E-state index contributed by atoms with van der Waals surface area (Å²) in [6.07, 6.45) is 8.49. The highest BCUT2D eigenvalue weighted by Gasteiger charge is 2.12. The van der Waals surface area contributed by atoms with Crippen LogP contribution < -0.4 is 37.4 Å². The lowest BCUT2D eigenvalue weighted by atomic mass is 10.1.